The molecule has 0 aliphatic rings. The van der Waals surface area contributed by atoms with E-state index < -0.39 is 16.1 Å². The van der Waals surface area contributed by atoms with E-state index in [0.29, 0.717) is 11.5 Å². The van der Waals surface area contributed by atoms with Gasteiger partial charge in [0, 0.05) is 6.08 Å². The van der Waals surface area contributed by atoms with Crippen LogP contribution in [0.3, 0.4) is 0 Å². The summed E-state index contributed by atoms with van der Waals surface area (Å²) in [6, 6.07) is 0. The Labute approximate surface area is 77.1 Å². The van der Waals surface area contributed by atoms with E-state index in [1.807, 2.05) is 6.92 Å². The lowest BCUT2D eigenvalue weighted by Crippen LogP contribution is -2.03. The van der Waals surface area contributed by atoms with Gasteiger partial charge in [-0.25, -0.2) is 4.79 Å². The summed E-state index contributed by atoms with van der Waals surface area (Å²) in [5, 5.41) is 0.390. The maximum Gasteiger partial charge on any atom is 0.331 e. The molecule has 0 fully saturated rings. The summed E-state index contributed by atoms with van der Waals surface area (Å²) >= 11 is 0. The standard InChI is InChI=1S/C7H12O5S/c1-2-3-5-12-7(8)4-6-13(9,10)11/h4,6H,2-3,5H2,1H3,(H,9,10,11). The van der Waals surface area contributed by atoms with Crippen LogP contribution in [0.1, 0.15) is 19.8 Å². The Morgan fingerprint density at radius 3 is 2.62 bits per heavy atom. The van der Waals surface area contributed by atoms with Crippen molar-refractivity contribution in [1.82, 2.24) is 0 Å². The molecule has 0 unspecified atom stereocenters. The van der Waals surface area contributed by atoms with Crippen molar-refractivity contribution in [2.45, 2.75) is 19.8 Å². The average Bonchev–Trinajstić information content (AvgIpc) is 2.00. The first kappa shape index (κ1) is 12.1. The second-order valence-electron chi connectivity index (χ2n) is 2.34. The molecule has 76 valence electrons. The quantitative estimate of drug-likeness (QED) is 0.312. The molecule has 0 aliphatic carbocycles. The Bertz CT molecular complexity index is 277. The second-order valence-corrected chi connectivity index (χ2v) is 3.64. The summed E-state index contributed by atoms with van der Waals surface area (Å²) in [4.78, 5) is 10.7. The molecule has 0 heterocycles. The van der Waals surface area contributed by atoms with Crippen molar-refractivity contribution in [2.24, 2.45) is 0 Å². The Balaban J connectivity index is 3.82. The molecule has 0 rings (SSSR count). The Hall–Kier alpha value is -0.880. The van der Waals surface area contributed by atoms with E-state index in [1.165, 1.54) is 0 Å². The minimum absolute atomic E-state index is 0.255. The summed E-state index contributed by atoms with van der Waals surface area (Å²) in [7, 11) is -4.23. The van der Waals surface area contributed by atoms with Gasteiger partial charge in [-0.15, -0.1) is 0 Å². The van der Waals surface area contributed by atoms with Crippen molar-refractivity contribution in [3.8, 4) is 0 Å². The number of hydrogen-bond donors (Lipinski definition) is 1. The molecule has 0 atom stereocenters. The number of esters is 1. The lowest BCUT2D eigenvalue weighted by Gasteiger charge is -1.98. The van der Waals surface area contributed by atoms with Crippen LogP contribution in [0, 0.1) is 0 Å². The minimum atomic E-state index is -4.23. The van der Waals surface area contributed by atoms with Gasteiger partial charge in [-0.3, -0.25) is 4.55 Å². The van der Waals surface area contributed by atoms with Gasteiger partial charge in [0.15, 0.2) is 0 Å². The molecule has 0 spiro atoms. The van der Waals surface area contributed by atoms with Crippen LogP contribution in [0.4, 0.5) is 0 Å². The smallest absolute Gasteiger partial charge is 0.331 e. The van der Waals surface area contributed by atoms with E-state index in [4.69, 9.17) is 4.55 Å². The van der Waals surface area contributed by atoms with Crippen LogP contribution in [-0.4, -0.2) is 25.5 Å². The zero-order valence-electron chi connectivity index (χ0n) is 7.26. The van der Waals surface area contributed by atoms with Crippen molar-refractivity contribution in [1.29, 1.82) is 0 Å². The number of unbranched alkanes of at least 4 members (excludes halogenated alkanes) is 1. The fourth-order valence-electron chi connectivity index (χ4n) is 0.507. The third kappa shape index (κ3) is 9.03. The molecule has 0 amide bonds. The van der Waals surface area contributed by atoms with Crippen molar-refractivity contribution >= 4 is 16.1 Å². The first-order valence-corrected chi connectivity index (χ1v) is 5.28. The van der Waals surface area contributed by atoms with Gasteiger partial charge < -0.3 is 4.74 Å². The van der Waals surface area contributed by atoms with Gasteiger partial charge in [0.25, 0.3) is 10.1 Å². The third-order valence-corrected chi connectivity index (χ3v) is 1.60. The van der Waals surface area contributed by atoms with Gasteiger partial charge in [0.1, 0.15) is 0 Å². The molecule has 1 N–H and O–H groups in total. The van der Waals surface area contributed by atoms with Gasteiger partial charge in [-0.05, 0) is 6.42 Å². The van der Waals surface area contributed by atoms with E-state index in [9.17, 15) is 13.2 Å². The van der Waals surface area contributed by atoms with Crippen LogP contribution in [0.15, 0.2) is 11.5 Å². The summed E-state index contributed by atoms with van der Waals surface area (Å²) in [5.74, 6) is -0.772. The highest BCUT2D eigenvalue weighted by Gasteiger charge is 2.00. The second kappa shape index (κ2) is 5.71. The van der Waals surface area contributed by atoms with Crippen LogP contribution in [0.25, 0.3) is 0 Å². The van der Waals surface area contributed by atoms with Crippen LogP contribution in [0.2, 0.25) is 0 Å². The normalized spacial score (nSPS) is 11.8. The number of carbonyl (C=O) groups is 1. The highest BCUT2D eigenvalue weighted by Crippen LogP contribution is 1.91. The molecule has 0 saturated heterocycles. The van der Waals surface area contributed by atoms with Crippen molar-refractivity contribution in [3.05, 3.63) is 11.5 Å². The fraction of sp³-hybridized carbons (Fsp3) is 0.571. The van der Waals surface area contributed by atoms with E-state index in [2.05, 4.69) is 4.74 Å². The molecule has 0 aliphatic heterocycles. The molecular formula is C7H12O5S. The molecule has 13 heavy (non-hydrogen) atoms. The lowest BCUT2D eigenvalue weighted by atomic mass is 10.4. The largest absolute Gasteiger partial charge is 0.463 e. The minimum Gasteiger partial charge on any atom is -0.463 e. The van der Waals surface area contributed by atoms with Crippen LogP contribution in [0.5, 0.6) is 0 Å². The molecular weight excluding hydrogens is 196 g/mol. The average molecular weight is 208 g/mol. The van der Waals surface area contributed by atoms with Gasteiger partial charge in [0.2, 0.25) is 0 Å². The molecule has 0 aromatic carbocycles. The molecule has 6 heteroatoms. The Kier molecular flexibility index (Phi) is 5.33. The highest BCUT2D eigenvalue weighted by molar-refractivity contribution is 7.88. The van der Waals surface area contributed by atoms with E-state index >= 15 is 0 Å². The number of ether oxygens (including phenoxy) is 1. The SMILES string of the molecule is CCCCOC(=O)C=CS(=O)(=O)O. The van der Waals surface area contributed by atoms with Gasteiger partial charge in [0.05, 0.1) is 12.0 Å². The Morgan fingerprint density at radius 2 is 2.15 bits per heavy atom. The zero-order valence-corrected chi connectivity index (χ0v) is 8.08. The monoisotopic (exact) mass is 208 g/mol. The summed E-state index contributed by atoms with van der Waals surface area (Å²) in [6.45, 7) is 2.19. The molecule has 0 bridgehead atoms. The van der Waals surface area contributed by atoms with Crippen LogP contribution in [-0.2, 0) is 19.6 Å². The van der Waals surface area contributed by atoms with E-state index in [0.717, 1.165) is 12.8 Å². The summed E-state index contributed by atoms with van der Waals surface area (Å²) in [5.41, 5.74) is 0. The first-order valence-electron chi connectivity index (χ1n) is 3.78. The molecule has 0 radical (unpaired) electrons. The molecule has 0 saturated carbocycles. The highest BCUT2D eigenvalue weighted by atomic mass is 32.2. The maximum absolute atomic E-state index is 10.7. The lowest BCUT2D eigenvalue weighted by molar-refractivity contribution is -0.137. The third-order valence-electron chi connectivity index (χ3n) is 1.12. The molecule has 5 nitrogen and oxygen atoms in total. The zero-order chi connectivity index (χ0) is 10.3. The van der Waals surface area contributed by atoms with Gasteiger partial charge in [-0.2, -0.15) is 8.42 Å². The van der Waals surface area contributed by atoms with E-state index in [-0.39, 0.29) is 6.61 Å². The summed E-state index contributed by atoms with van der Waals surface area (Å²) < 4.78 is 33.0. The maximum atomic E-state index is 10.7. The number of hydrogen-bond acceptors (Lipinski definition) is 4. The predicted molar refractivity (Wildman–Crippen MR) is 46.6 cm³/mol. The van der Waals surface area contributed by atoms with Crippen molar-refractivity contribution < 1.29 is 22.5 Å². The van der Waals surface area contributed by atoms with Crippen LogP contribution >= 0.6 is 0 Å². The number of rotatable bonds is 5. The van der Waals surface area contributed by atoms with Crippen molar-refractivity contribution in [3.63, 3.8) is 0 Å². The summed E-state index contributed by atoms with van der Waals surface area (Å²) in [6.07, 6.45) is 2.28. The van der Waals surface area contributed by atoms with Crippen LogP contribution < -0.4 is 0 Å². The molecule has 0 aromatic rings. The topological polar surface area (TPSA) is 80.7 Å². The first-order chi connectivity index (χ1) is 5.95. The van der Waals surface area contributed by atoms with E-state index in [1.54, 1.807) is 0 Å². The molecule has 0 aromatic heterocycles. The predicted octanol–water partition coefficient (Wildman–Crippen LogP) is 0.731. The van der Waals surface area contributed by atoms with Crippen molar-refractivity contribution in [2.75, 3.05) is 6.61 Å². The van der Waals surface area contributed by atoms with Gasteiger partial charge in [-0.1, -0.05) is 13.3 Å². The fourth-order valence-corrected chi connectivity index (χ4v) is 0.790. The number of carbonyl (C=O) groups excluding carboxylic acids is 1. The van der Waals surface area contributed by atoms with Gasteiger partial charge >= 0.3 is 5.97 Å². The Morgan fingerprint density at radius 1 is 1.54 bits per heavy atom.